The lowest BCUT2D eigenvalue weighted by Crippen LogP contribution is -2.33. The summed E-state index contributed by atoms with van der Waals surface area (Å²) in [6.07, 6.45) is 4.66. The summed E-state index contributed by atoms with van der Waals surface area (Å²) in [5.41, 5.74) is 1.99. The molecule has 2 unspecified atom stereocenters. The molecule has 1 aliphatic heterocycles. The molecule has 2 aromatic rings. The number of fused-ring (bicyclic) bond motifs is 1. The van der Waals surface area contributed by atoms with Gasteiger partial charge < -0.3 is 20.1 Å². The largest absolute Gasteiger partial charge is 0.493 e. The number of piperidine rings is 1. The third kappa shape index (κ3) is 2.92. The number of nitrogens with one attached hydrogen (secondary N) is 2. The molecule has 0 aliphatic carbocycles. The Balaban J connectivity index is 1.93. The van der Waals surface area contributed by atoms with Crippen molar-refractivity contribution in [3.8, 4) is 5.75 Å². The average molecular weight is 288 g/mol. The van der Waals surface area contributed by atoms with Crippen LogP contribution in [0.15, 0.2) is 24.4 Å². The van der Waals surface area contributed by atoms with E-state index >= 15 is 0 Å². The molecule has 1 saturated heterocycles. The average Bonchev–Trinajstić information content (AvgIpc) is 2.97. The van der Waals surface area contributed by atoms with Crippen molar-refractivity contribution in [1.29, 1.82) is 0 Å². The van der Waals surface area contributed by atoms with Crippen molar-refractivity contribution in [2.24, 2.45) is 5.92 Å². The van der Waals surface area contributed by atoms with Gasteiger partial charge >= 0.3 is 0 Å². The first-order chi connectivity index (χ1) is 10.3. The lowest BCUT2D eigenvalue weighted by Gasteiger charge is -2.27. The van der Waals surface area contributed by atoms with E-state index in [1.165, 1.54) is 0 Å². The third-order valence-corrected chi connectivity index (χ3v) is 4.26. The zero-order valence-corrected chi connectivity index (χ0v) is 12.6. The molecule has 0 bridgehead atoms. The molecular formula is C17H24N2O2. The van der Waals surface area contributed by atoms with Gasteiger partial charge in [-0.15, -0.1) is 0 Å². The molecule has 1 aromatic heterocycles. The summed E-state index contributed by atoms with van der Waals surface area (Å²) in [5, 5.41) is 15.2. The van der Waals surface area contributed by atoms with Crippen LogP contribution in [-0.4, -0.2) is 29.8 Å². The summed E-state index contributed by atoms with van der Waals surface area (Å²) >= 11 is 0. The summed E-state index contributed by atoms with van der Waals surface area (Å²) in [6.45, 7) is 4.74. The van der Waals surface area contributed by atoms with Gasteiger partial charge in [-0.2, -0.15) is 0 Å². The number of aromatic amines is 1. The molecule has 0 spiro atoms. The Labute approximate surface area is 125 Å². The third-order valence-electron chi connectivity index (χ3n) is 4.26. The molecule has 4 nitrogen and oxygen atoms in total. The van der Waals surface area contributed by atoms with E-state index in [2.05, 4.69) is 17.2 Å². The number of H-pyrrole nitrogens is 1. The number of ether oxygens (including phenoxy) is 1. The Morgan fingerprint density at radius 1 is 1.43 bits per heavy atom. The minimum Gasteiger partial charge on any atom is -0.493 e. The van der Waals surface area contributed by atoms with E-state index in [1.54, 1.807) is 0 Å². The van der Waals surface area contributed by atoms with Gasteiger partial charge in [-0.1, -0.05) is 13.0 Å². The maximum atomic E-state index is 10.8. The number of rotatable bonds is 5. The quantitative estimate of drug-likeness (QED) is 0.792. The van der Waals surface area contributed by atoms with Crippen LogP contribution in [0.3, 0.4) is 0 Å². The Morgan fingerprint density at radius 3 is 3.10 bits per heavy atom. The molecule has 3 N–H and O–H groups in total. The minimum absolute atomic E-state index is 0.275. The lowest BCUT2D eigenvalue weighted by atomic mass is 9.89. The lowest BCUT2D eigenvalue weighted by molar-refractivity contribution is 0.0933. The molecule has 2 atom stereocenters. The second-order valence-electron chi connectivity index (χ2n) is 5.82. The smallest absolute Gasteiger partial charge is 0.129 e. The van der Waals surface area contributed by atoms with Gasteiger partial charge in [-0.25, -0.2) is 0 Å². The van der Waals surface area contributed by atoms with Crippen molar-refractivity contribution >= 4 is 10.9 Å². The first-order valence-electron chi connectivity index (χ1n) is 7.93. The van der Waals surface area contributed by atoms with Crippen molar-refractivity contribution in [3.05, 3.63) is 30.0 Å². The molecule has 1 fully saturated rings. The van der Waals surface area contributed by atoms with E-state index in [-0.39, 0.29) is 5.92 Å². The van der Waals surface area contributed by atoms with E-state index in [9.17, 15) is 5.11 Å². The number of aliphatic hydroxyl groups excluding tert-OH is 1. The van der Waals surface area contributed by atoms with E-state index in [0.717, 1.165) is 54.6 Å². The molecule has 21 heavy (non-hydrogen) atoms. The van der Waals surface area contributed by atoms with Gasteiger partial charge in [0.2, 0.25) is 0 Å². The topological polar surface area (TPSA) is 57.3 Å². The zero-order chi connectivity index (χ0) is 14.7. The van der Waals surface area contributed by atoms with Gasteiger partial charge in [0.15, 0.2) is 0 Å². The first-order valence-corrected chi connectivity index (χ1v) is 7.93. The van der Waals surface area contributed by atoms with Crippen LogP contribution in [0, 0.1) is 5.92 Å². The molecular weight excluding hydrogens is 264 g/mol. The van der Waals surface area contributed by atoms with Gasteiger partial charge in [0.05, 0.1) is 12.7 Å². The number of hydrogen-bond acceptors (Lipinski definition) is 3. The highest BCUT2D eigenvalue weighted by molar-refractivity contribution is 5.89. The second-order valence-corrected chi connectivity index (χ2v) is 5.82. The highest BCUT2D eigenvalue weighted by Crippen LogP contribution is 2.36. The minimum atomic E-state index is -0.446. The van der Waals surface area contributed by atoms with Gasteiger partial charge in [-0.3, -0.25) is 0 Å². The molecule has 114 valence electrons. The predicted molar refractivity (Wildman–Crippen MR) is 84.6 cm³/mol. The van der Waals surface area contributed by atoms with Crippen LogP contribution in [-0.2, 0) is 0 Å². The monoisotopic (exact) mass is 288 g/mol. The number of benzene rings is 1. The molecule has 3 rings (SSSR count). The molecule has 4 heteroatoms. The fourth-order valence-corrected chi connectivity index (χ4v) is 3.14. The Kier molecular flexibility index (Phi) is 4.46. The number of hydrogen-bond donors (Lipinski definition) is 3. The molecule has 0 amide bonds. The van der Waals surface area contributed by atoms with Crippen LogP contribution in [0.4, 0.5) is 0 Å². The van der Waals surface area contributed by atoms with Crippen molar-refractivity contribution in [2.75, 3.05) is 19.7 Å². The summed E-state index contributed by atoms with van der Waals surface area (Å²) < 4.78 is 5.86. The van der Waals surface area contributed by atoms with Crippen LogP contribution < -0.4 is 10.1 Å². The van der Waals surface area contributed by atoms with E-state index in [4.69, 9.17) is 4.74 Å². The summed E-state index contributed by atoms with van der Waals surface area (Å²) in [6, 6.07) is 6.01. The molecule has 1 aliphatic rings. The Morgan fingerprint density at radius 2 is 2.33 bits per heavy atom. The fraction of sp³-hybridized carbons (Fsp3) is 0.529. The zero-order valence-electron chi connectivity index (χ0n) is 12.6. The maximum Gasteiger partial charge on any atom is 0.129 e. The van der Waals surface area contributed by atoms with Gasteiger partial charge in [-0.05, 0) is 37.9 Å². The van der Waals surface area contributed by atoms with Crippen molar-refractivity contribution < 1.29 is 9.84 Å². The van der Waals surface area contributed by atoms with Crippen LogP contribution in [0.2, 0.25) is 0 Å². The SMILES string of the molecule is CCCOc1cccc2[nH]cc(C(O)C3CCCNC3)c12. The van der Waals surface area contributed by atoms with Gasteiger partial charge in [0.25, 0.3) is 0 Å². The Bertz CT molecular complexity index is 587. The fourth-order valence-electron chi connectivity index (χ4n) is 3.14. The normalized spacial score (nSPS) is 20.6. The van der Waals surface area contributed by atoms with Gasteiger partial charge in [0.1, 0.15) is 5.75 Å². The summed E-state index contributed by atoms with van der Waals surface area (Å²) in [7, 11) is 0. The first kappa shape index (κ1) is 14.4. The van der Waals surface area contributed by atoms with Crippen LogP contribution in [0.1, 0.15) is 37.9 Å². The van der Waals surface area contributed by atoms with Crippen molar-refractivity contribution in [3.63, 3.8) is 0 Å². The summed E-state index contributed by atoms with van der Waals surface area (Å²) in [4.78, 5) is 3.26. The number of aliphatic hydroxyl groups is 1. The van der Waals surface area contributed by atoms with E-state index in [1.807, 2.05) is 24.4 Å². The highest BCUT2D eigenvalue weighted by atomic mass is 16.5. The van der Waals surface area contributed by atoms with Crippen molar-refractivity contribution in [2.45, 2.75) is 32.3 Å². The summed E-state index contributed by atoms with van der Waals surface area (Å²) in [5.74, 6) is 1.14. The molecule has 1 aromatic carbocycles. The van der Waals surface area contributed by atoms with Crippen LogP contribution >= 0.6 is 0 Å². The molecule has 0 saturated carbocycles. The van der Waals surface area contributed by atoms with Crippen LogP contribution in [0.25, 0.3) is 10.9 Å². The highest BCUT2D eigenvalue weighted by Gasteiger charge is 2.26. The van der Waals surface area contributed by atoms with Crippen LogP contribution in [0.5, 0.6) is 5.75 Å². The number of aromatic nitrogens is 1. The molecule has 2 heterocycles. The van der Waals surface area contributed by atoms with Crippen molar-refractivity contribution in [1.82, 2.24) is 10.3 Å². The Hall–Kier alpha value is -1.52. The standard InChI is InChI=1S/C17H24N2O2/c1-2-9-21-15-7-3-6-14-16(15)13(11-19-14)17(20)12-5-4-8-18-10-12/h3,6-7,11-12,17-20H,2,4-5,8-10H2,1H3. The van der Waals surface area contributed by atoms with E-state index in [0.29, 0.717) is 6.61 Å². The van der Waals surface area contributed by atoms with Gasteiger partial charge in [0, 0.05) is 35.1 Å². The van der Waals surface area contributed by atoms with E-state index < -0.39 is 6.10 Å². The predicted octanol–water partition coefficient (Wildman–Crippen LogP) is 2.99. The maximum absolute atomic E-state index is 10.8. The second kappa shape index (κ2) is 6.50. The molecule has 0 radical (unpaired) electrons.